The van der Waals surface area contributed by atoms with E-state index in [4.69, 9.17) is 0 Å². The third-order valence-corrected chi connectivity index (χ3v) is 8.85. The Hall–Kier alpha value is -0.0431. The molecule has 0 aliphatic carbocycles. The minimum atomic E-state index is -1.01. The lowest BCUT2D eigenvalue weighted by molar-refractivity contribution is 0.770. The van der Waals surface area contributed by atoms with E-state index in [1.807, 2.05) is 0 Å². The van der Waals surface area contributed by atoms with Gasteiger partial charge >= 0.3 is 0 Å². The smallest absolute Gasteiger partial charge is 0.0769 e. The molecule has 0 saturated carbocycles. The Balaban J connectivity index is 4.66. The molecule has 0 N–H and O–H groups in total. The fourth-order valence-corrected chi connectivity index (χ4v) is 5.12. The van der Waals surface area contributed by atoms with Crippen LogP contribution in [-0.2, 0) is 0 Å². The van der Waals surface area contributed by atoms with Crippen molar-refractivity contribution >= 4 is 8.07 Å². The van der Waals surface area contributed by atoms with Gasteiger partial charge in [-0.15, -0.1) is 0 Å². The van der Waals surface area contributed by atoms with Gasteiger partial charge in [-0.05, 0) is 12.8 Å². The molecule has 0 aliphatic heterocycles. The van der Waals surface area contributed by atoms with E-state index in [1.54, 1.807) is 5.57 Å². The Morgan fingerprint density at radius 2 is 1.46 bits per heavy atom. The number of hydrogen-bond donors (Lipinski definition) is 0. The Labute approximate surface area is 85.4 Å². The summed E-state index contributed by atoms with van der Waals surface area (Å²) in [5, 5.41) is 0. The van der Waals surface area contributed by atoms with Gasteiger partial charge in [0.1, 0.15) is 0 Å². The van der Waals surface area contributed by atoms with Crippen LogP contribution < -0.4 is 0 Å². The number of hydrogen-bond acceptors (Lipinski definition) is 0. The van der Waals surface area contributed by atoms with Gasteiger partial charge in [-0.3, -0.25) is 0 Å². The zero-order chi connectivity index (χ0) is 10.5. The van der Waals surface area contributed by atoms with Crippen LogP contribution in [0.5, 0.6) is 0 Å². The molecule has 0 aromatic rings. The average Bonchev–Trinajstić information content (AvgIpc) is 2.14. The molecule has 13 heavy (non-hydrogen) atoms. The zero-order valence-corrected chi connectivity index (χ0v) is 11.3. The summed E-state index contributed by atoms with van der Waals surface area (Å²) in [5.74, 6) is 0.733. The minimum Gasteiger partial charge on any atom is -0.0950 e. The van der Waals surface area contributed by atoms with Gasteiger partial charge in [-0.1, -0.05) is 64.0 Å². The second-order valence-electron chi connectivity index (χ2n) is 4.47. The van der Waals surface area contributed by atoms with Gasteiger partial charge in [-0.25, -0.2) is 0 Å². The van der Waals surface area contributed by atoms with Crippen molar-refractivity contribution < 1.29 is 0 Å². The lowest BCUT2D eigenvalue weighted by atomic mass is 10.1. The molecule has 0 aromatic heterocycles. The maximum Gasteiger partial charge on any atom is 0.0769 e. The van der Waals surface area contributed by atoms with Crippen LogP contribution in [0.2, 0.25) is 18.1 Å². The van der Waals surface area contributed by atoms with Crippen molar-refractivity contribution in [3.8, 4) is 0 Å². The molecule has 0 aromatic carbocycles. The molecule has 0 unspecified atom stereocenters. The summed E-state index contributed by atoms with van der Waals surface area (Å²) in [6.45, 7) is 14.0. The van der Waals surface area contributed by atoms with Crippen molar-refractivity contribution in [1.29, 1.82) is 0 Å². The van der Waals surface area contributed by atoms with Gasteiger partial charge in [0, 0.05) is 0 Å². The minimum absolute atomic E-state index is 0.733. The molecule has 0 atom stereocenters. The highest BCUT2D eigenvalue weighted by molar-refractivity contribution is 6.84. The first-order valence-corrected chi connectivity index (χ1v) is 8.40. The molecule has 0 fully saturated rings. The largest absolute Gasteiger partial charge is 0.0950 e. The Morgan fingerprint density at radius 3 is 1.69 bits per heavy atom. The molecule has 0 radical (unpaired) electrons. The van der Waals surface area contributed by atoms with Crippen molar-refractivity contribution in [2.75, 3.05) is 0 Å². The summed E-state index contributed by atoms with van der Waals surface area (Å²) in [6, 6.07) is 4.22. The van der Waals surface area contributed by atoms with Crippen LogP contribution in [0.15, 0.2) is 11.3 Å². The van der Waals surface area contributed by atoms with E-state index in [1.165, 1.54) is 18.1 Å². The highest BCUT2D eigenvalue weighted by atomic mass is 28.3. The van der Waals surface area contributed by atoms with Crippen molar-refractivity contribution in [3.63, 3.8) is 0 Å². The van der Waals surface area contributed by atoms with E-state index in [0.29, 0.717) is 0 Å². The monoisotopic (exact) mass is 198 g/mol. The summed E-state index contributed by atoms with van der Waals surface area (Å²) < 4.78 is 0. The quantitative estimate of drug-likeness (QED) is 0.565. The van der Waals surface area contributed by atoms with E-state index in [9.17, 15) is 0 Å². The predicted octanol–water partition coefficient (Wildman–Crippen LogP) is 4.64. The number of allylic oxidation sites excluding steroid dienone is 1. The Kier molecular flexibility index (Phi) is 5.62. The first kappa shape index (κ1) is 13.0. The topological polar surface area (TPSA) is 0 Å². The lowest BCUT2D eigenvalue weighted by Crippen LogP contribution is -2.29. The molecule has 0 rings (SSSR count). The summed E-state index contributed by atoms with van der Waals surface area (Å²) in [4.78, 5) is 0. The van der Waals surface area contributed by atoms with Crippen LogP contribution >= 0.6 is 0 Å². The average molecular weight is 198 g/mol. The maximum absolute atomic E-state index is 2.65. The first-order chi connectivity index (χ1) is 6.01. The van der Waals surface area contributed by atoms with Gasteiger partial charge in [0.05, 0.1) is 8.07 Å². The summed E-state index contributed by atoms with van der Waals surface area (Å²) in [6.07, 6.45) is 0. The Morgan fingerprint density at radius 1 is 1.08 bits per heavy atom. The van der Waals surface area contributed by atoms with Crippen LogP contribution in [0.25, 0.3) is 0 Å². The molecular weight excluding hydrogens is 172 g/mol. The molecule has 0 bridgehead atoms. The van der Waals surface area contributed by atoms with E-state index < -0.39 is 8.07 Å². The number of rotatable bonds is 5. The summed E-state index contributed by atoms with van der Waals surface area (Å²) in [7, 11) is -1.01. The maximum atomic E-state index is 2.65. The van der Waals surface area contributed by atoms with Crippen LogP contribution in [0, 0.1) is 5.92 Å². The second-order valence-corrected chi connectivity index (χ2v) is 9.60. The van der Waals surface area contributed by atoms with Gasteiger partial charge in [0.15, 0.2) is 0 Å². The molecule has 0 spiro atoms. The highest BCUT2D eigenvalue weighted by Crippen LogP contribution is 2.25. The molecular formula is C12H26Si. The van der Waals surface area contributed by atoms with Crippen LogP contribution in [0.1, 0.15) is 41.5 Å². The lowest BCUT2D eigenvalue weighted by Gasteiger charge is -2.25. The molecule has 0 saturated heterocycles. The fourth-order valence-electron chi connectivity index (χ4n) is 1.71. The first-order valence-electron chi connectivity index (χ1n) is 5.70. The van der Waals surface area contributed by atoms with Crippen LogP contribution in [0.4, 0.5) is 0 Å². The molecule has 0 amide bonds. The molecule has 0 nitrogen and oxygen atoms in total. The SMILES string of the molecule is CC[Si](C=C(C)C(C)C)(CC)CC. The zero-order valence-electron chi connectivity index (χ0n) is 10.3. The van der Waals surface area contributed by atoms with Crippen LogP contribution in [0.3, 0.4) is 0 Å². The van der Waals surface area contributed by atoms with Crippen LogP contribution in [-0.4, -0.2) is 8.07 Å². The molecule has 78 valence electrons. The standard InChI is InChI=1S/C12H26Si/c1-7-13(8-2,9-3)10-12(6)11(4)5/h10-11H,7-9H2,1-6H3. The predicted molar refractivity (Wildman–Crippen MR) is 65.8 cm³/mol. The third-order valence-electron chi connectivity index (χ3n) is 3.56. The van der Waals surface area contributed by atoms with Crippen molar-refractivity contribution in [3.05, 3.63) is 11.3 Å². The molecule has 1 heteroatoms. The van der Waals surface area contributed by atoms with Gasteiger partial charge in [0.25, 0.3) is 0 Å². The van der Waals surface area contributed by atoms with Gasteiger partial charge in [0.2, 0.25) is 0 Å². The summed E-state index contributed by atoms with van der Waals surface area (Å²) in [5.41, 5.74) is 4.26. The highest BCUT2D eigenvalue weighted by Gasteiger charge is 2.23. The summed E-state index contributed by atoms with van der Waals surface area (Å²) >= 11 is 0. The van der Waals surface area contributed by atoms with Gasteiger partial charge in [-0.2, -0.15) is 0 Å². The van der Waals surface area contributed by atoms with E-state index >= 15 is 0 Å². The van der Waals surface area contributed by atoms with Crippen molar-refractivity contribution in [1.82, 2.24) is 0 Å². The van der Waals surface area contributed by atoms with Gasteiger partial charge < -0.3 is 0 Å². The third kappa shape index (κ3) is 3.68. The normalized spacial score (nSPS) is 13.9. The second kappa shape index (κ2) is 5.64. The van der Waals surface area contributed by atoms with E-state index in [-0.39, 0.29) is 0 Å². The van der Waals surface area contributed by atoms with E-state index in [2.05, 4.69) is 47.2 Å². The Bertz CT molecular complexity index is 156. The van der Waals surface area contributed by atoms with Crippen molar-refractivity contribution in [2.45, 2.75) is 59.7 Å². The van der Waals surface area contributed by atoms with E-state index in [0.717, 1.165) is 5.92 Å². The van der Waals surface area contributed by atoms with Crippen molar-refractivity contribution in [2.24, 2.45) is 5.92 Å². The fraction of sp³-hybridized carbons (Fsp3) is 0.833. The molecule has 0 aliphatic rings. The molecule has 0 heterocycles.